The van der Waals surface area contributed by atoms with Crippen molar-refractivity contribution in [3.8, 4) is 0 Å². The molecule has 1 aliphatic heterocycles. The average Bonchev–Trinajstić information content (AvgIpc) is 3.16. The van der Waals surface area contributed by atoms with Crippen molar-refractivity contribution < 1.29 is 9.59 Å². The Morgan fingerprint density at radius 3 is 2.79 bits per heavy atom. The van der Waals surface area contributed by atoms with Gasteiger partial charge in [-0.05, 0) is 25.5 Å². The lowest BCUT2D eigenvalue weighted by Crippen LogP contribution is -2.31. The van der Waals surface area contributed by atoms with Gasteiger partial charge in [0.05, 0.1) is 0 Å². The smallest absolute Gasteiger partial charge is 0.272 e. The number of H-pyrrole nitrogens is 1. The van der Waals surface area contributed by atoms with Gasteiger partial charge < -0.3 is 10.2 Å². The Kier molecular flexibility index (Phi) is 4.64. The molecule has 0 unspecified atom stereocenters. The molecule has 0 spiro atoms. The molecule has 126 valence electrons. The monoisotopic (exact) mass is 326 g/mol. The van der Waals surface area contributed by atoms with Gasteiger partial charge in [0.2, 0.25) is 5.91 Å². The second-order valence-corrected chi connectivity index (χ2v) is 6.15. The van der Waals surface area contributed by atoms with E-state index < -0.39 is 0 Å². The summed E-state index contributed by atoms with van der Waals surface area (Å²) in [6.45, 7) is 5.02. The highest BCUT2D eigenvalue weighted by Crippen LogP contribution is 2.24. The molecule has 0 bridgehead atoms. The third kappa shape index (κ3) is 3.18. The van der Waals surface area contributed by atoms with Crippen molar-refractivity contribution in [3.05, 3.63) is 47.3 Å². The van der Waals surface area contributed by atoms with Crippen LogP contribution in [0.15, 0.2) is 30.3 Å². The zero-order chi connectivity index (χ0) is 17.1. The van der Waals surface area contributed by atoms with Crippen LogP contribution in [-0.2, 0) is 11.2 Å². The fourth-order valence-electron chi connectivity index (χ4n) is 3.10. The Labute approximate surface area is 141 Å². The summed E-state index contributed by atoms with van der Waals surface area (Å²) in [5, 5.41) is 9.90. The number of anilines is 1. The van der Waals surface area contributed by atoms with E-state index in [0.29, 0.717) is 25.2 Å². The molecule has 1 atom stereocenters. The molecule has 0 radical (unpaired) electrons. The molecule has 2 heterocycles. The van der Waals surface area contributed by atoms with Gasteiger partial charge in [0.25, 0.3) is 5.91 Å². The summed E-state index contributed by atoms with van der Waals surface area (Å²) in [5.74, 6) is 0.0327. The van der Waals surface area contributed by atoms with Gasteiger partial charge in [0, 0.05) is 42.4 Å². The topological polar surface area (TPSA) is 78.1 Å². The van der Waals surface area contributed by atoms with E-state index in [2.05, 4.69) is 15.5 Å². The molecular formula is C18H22N4O2. The number of aromatic amines is 1. The minimum absolute atomic E-state index is 0.102. The zero-order valence-corrected chi connectivity index (χ0v) is 14.0. The number of hydrogen-bond acceptors (Lipinski definition) is 3. The van der Waals surface area contributed by atoms with Crippen molar-refractivity contribution in [1.82, 2.24) is 15.5 Å². The van der Waals surface area contributed by atoms with Gasteiger partial charge in [-0.3, -0.25) is 14.7 Å². The SMILES string of the molecule is CCc1[nH]nc(C(=O)NC[C@H]2CC(=O)N(c3ccccc3)C2)c1C. The predicted molar refractivity (Wildman–Crippen MR) is 91.9 cm³/mol. The number of aromatic nitrogens is 2. The lowest BCUT2D eigenvalue weighted by molar-refractivity contribution is -0.117. The van der Waals surface area contributed by atoms with Crippen LogP contribution in [-0.4, -0.2) is 35.1 Å². The molecule has 2 N–H and O–H groups in total. The molecule has 6 nitrogen and oxygen atoms in total. The molecule has 24 heavy (non-hydrogen) atoms. The van der Waals surface area contributed by atoms with Gasteiger partial charge in [-0.2, -0.15) is 5.10 Å². The first-order chi connectivity index (χ1) is 11.6. The van der Waals surface area contributed by atoms with Gasteiger partial charge in [0.1, 0.15) is 0 Å². The first-order valence-electron chi connectivity index (χ1n) is 8.27. The Balaban J connectivity index is 1.58. The molecular weight excluding hydrogens is 304 g/mol. The van der Waals surface area contributed by atoms with Crippen molar-refractivity contribution in [2.75, 3.05) is 18.0 Å². The fourth-order valence-corrected chi connectivity index (χ4v) is 3.10. The normalized spacial score (nSPS) is 17.3. The van der Waals surface area contributed by atoms with E-state index in [-0.39, 0.29) is 17.7 Å². The minimum atomic E-state index is -0.186. The molecule has 2 amide bonds. The average molecular weight is 326 g/mol. The third-order valence-electron chi connectivity index (χ3n) is 4.50. The number of amides is 2. The highest BCUT2D eigenvalue weighted by Gasteiger charge is 2.31. The van der Waals surface area contributed by atoms with Crippen LogP contribution in [0.4, 0.5) is 5.69 Å². The van der Waals surface area contributed by atoms with Crippen LogP contribution in [0, 0.1) is 12.8 Å². The fraction of sp³-hybridized carbons (Fsp3) is 0.389. The summed E-state index contributed by atoms with van der Waals surface area (Å²) < 4.78 is 0. The van der Waals surface area contributed by atoms with E-state index in [9.17, 15) is 9.59 Å². The number of nitrogens with one attached hydrogen (secondary N) is 2. The second-order valence-electron chi connectivity index (χ2n) is 6.15. The van der Waals surface area contributed by atoms with E-state index in [1.165, 1.54) is 0 Å². The number of benzene rings is 1. The summed E-state index contributed by atoms with van der Waals surface area (Å²) in [6, 6.07) is 9.63. The van der Waals surface area contributed by atoms with Crippen molar-refractivity contribution in [2.24, 2.45) is 5.92 Å². The standard InChI is InChI=1S/C18H22N4O2/c1-3-15-12(2)17(21-20-15)18(24)19-10-13-9-16(23)22(11-13)14-7-5-4-6-8-14/h4-8,13H,3,9-11H2,1-2H3,(H,19,24)(H,20,21)/t13-/m1/s1. The second kappa shape index (κ2) is 6.86. The van der Waals surface area contributed by atoms with Crippen molar-refractivity contribution in [1.29, 1.82) is 0 Å². The summed E-state index contributed by atoms with van der Waals surface area (Å²) in [6.07, 6.45) is 1.27. The Morgan fingerprint density at radius 1 is 1.38 bits per heavy atom. The van der Waals surface area contributed by atoms with E-state index in [1.807, 2.05) is 44.2 Å². The molecule has 0 aliphatic carbocycles. The van der Waals surface area contributed by atoms with Crippen molar-refractivity contribution in [3.63, 3.8) is 0 Å². The molecule has 1 saturated heterocycles. The molecule has 0 saturated carbocycles. The molecule has 6 heteroatoms. The van der Waals surface area contributed by atoms with Crippen LogP contribution >= 0.6 is 0 Å². The summed E-state index contributed by atoms with van der Waals surface area (Å²) >= 11 is 0. The zero-order valence-electron chi connectivity index (χ0n) is 14.0. The Morgan fingerprint density at radius 2 is 2.12 bits per heavy atom. The van der Waals surface area contributed by atoms with E-state index in [4.69, 9.17) is 0 Å². The Hall–Kier alpha value is -2.63. The van der Waals surface area contributed by atoms with Crippen LogP contribution in [0.2, 0.25) is 0 Å². The van der Waals surface area contributed by atoms with Crippen molar-refractivity contribution in [2.45, 2.75) is 26.7 Å². The van der Waals surface area contributed by atoms with Gasteiger partial charge in [-0.25, -0.2) is 0 Å². The maximum absolute atomic E-state index is 12.3. The Bertz CT molecular complexity index is 739. The van der Waals surface area contributed by atoms with Crippen LogP contribution in [0.5, 0.6) is 0 Å². The number of aryl methyl sites for hydroxylation is 1. The van der Waals surface area contributed by atoms with E-state index in [0.717, 1.165) is 23.4 Å². The van der Waals surface area contributed by atoms with E-state index >= 15 is 0 Å². The van der Waals surface area contributed by atoms with Gasteiger partial charge >= 0.3 is 0 Å². The van der Waals surface area contributed by atoms with Crippen LogP contribution < -0.4 is 10.2 Å². The third-order valence-corrected chi connectivity index (χ3v) is 4.50. The number of hydrogen-bond donors (Lipinski definition) is 2. The molecule has 3 rings (SSSR count). The van der Waals surface area contributed by atoms with E-state index in [1.54, 1.807) is 4.90 Å². The van der Waals surface area contributed by atoms with Gasteiger partial charge in [-0.1, -0.05) is 25.1 Å². The number of nitrogens with zero attached hydrogens (tertiary/aromatic N) is 2. The van der Waals surface area contributed by atoms with Crippen molar-refractivity contribution >= 4 is 17.5 Å². The highest BCUT2D eigenvalue weighted by molar-refractivity contribution is 5.96. The summed E-state index contributed by atoms with van der Waals surface area (Å²) in [7, 11) is 0. The largest absolute Gasteiger partial charge is 0.350 e. The summed E-state index contributed by atoms with van der Waals surface area (Å²) in [5.41, 5.74) is 3.22. The maximum atomic E-state index is 12.3. The predicted octanol–water partition coefficient (Wildman–Crippen LogP) is 2.06. The molecule has 2 aromatic rings. The molecule has 1 aromatic heterocycles. The maximum Gasteiger partial charge on any atom is 0.272 e. The van der Waals surface area contributed by atoms with Crippen LogP contribution in [0.3, 0.4) is 0 Å². The molecule has 1 aromatic carbocycles. The minimum Gasteiger partial charge on any atom is -0.350 e. The number of para-hydroxylation sites is 1. The van der Waals surface area contributed by atoms with Crippen LogP contribution in [0.25, 0.3) is 0 Å². The number of carbonyl (C=O) groups excluding carboxylic acids is 2. The number of rotatable bonds is 5. The quantitative estimate of drug-likeness (QED) is 0.883. The molecule has 1 fully saturated rings. The summed E-state index contributed by atoms with van der Waals surface area (Å²) in [4.78, 5) is 26.3. The first kappa shape index (κ1) is 16.2. The first-order valence-corrected chi connectivity index (χ1v) is 8.27. The number of carbonyl (C=O) groups is 2. The van der Waals surface area contributed by atoms with Gasteiger partial charge in [-0.15, -0.1) is 0 Å². The molecule has 1 aliphatic rings. The highest BCUT2D eigenvalue weighted by atomic mass is 16.2. The van der Waals surface area contributed by atoms with Gasteiger partial charge in [0.15, 0.2) is 5.69 Å². The lowest BCUT2D eigenvalue weighted by Gasteiger charge is -2.16. The van der Waals surface area contributed by atoms with Crippen LogP contribution in [0.1, 0.15) is 35.1 Å². The lowest BCUT2D eigenvalue weighted by atomic mass is 10.1.